The van der Waals surface area contributed by atoms with E-state index >= 15 is 0 Å². The third kappa shape index (κ3) is 3.67. The molecule has 3 rings (SSSR count). The molecule has 0 radical (unpaired) electrons. The summed E-state index contributed by atoms with van der Waals surface area (Å²) in [4.78, 5) is 33.9. The molecule has 130 valence electrons. The van der Waals surface area contributed by atoms with Crippen molar-refractivity contribution in [3.05, 3.63) is 26.6 Å². The van der Waals surface area contributed by atoms with Crippen molar-refractivity contribution in [2.24, 2.45) is 5.92 Å². The van der Waals surface area contributed by atoms with Crippen molar-refractivity contribution < 1.29 is 4.79 Å². The number of aromatic amines is 1. The van der Waals surface area contributed by atoms with E-state index in [4.69, 9.17) is 0 Å². The fourth-order valence-electron chi connectivity index (χ4n) is 3.16. The maximum Gasteiger partial charge on any atom is 0.259 e. The zero-order chi connectivity index (χ0) is 17.1. The van der Waals surface area contributed by atoms with Gasteiger partial charge < -0.3 is 15.6 Å². The minimum absolute atomic E-state index is 0.0210. The molecule has 0 fully saturated rings. The summed E-state index contributed by atoms with van der Waals surface area (Å²) in [5, 5.41) is 6.58. The highest BCUT2D eigenvalue weighted by Crippen LogP contribution is 2.35. The number of rotatable bonds is 6. The molecule has 7 heteroatoms. The minimum atomic E-state index is -0.0577. The predicted octanol–water partition coefficient (Wildman–Crippen LogP) is 1.38. The van der Waals surface area contributed by atoms with E-state index in [1.807, 2.05) is 7.05 Å². The molecule has 0 saturated heterocycles. The van der Waals surface area contributed by atoms with Crippen molar-refractivity contribution in [1.29, 1.82) is 0 Å². The molecule has 0 bridgehead atoms. The smallest absolute Gasteiger partial charge is 0.259 e. The highest BCUT2D eigenvalue weighted by Gasteiger charge is 2.23. The van der Waals surface area contributed by atoms with Crippen LogP contribution in [0.5, 0.6) is 0 Å². The molecule has 0 aromatic carbocycles. The number of aromatic nitrogens is 2. The highest BCUT2D eigenvalue weighted by molar-refractivity contribution is 7.18. The van der Waals surface area contributed by atoms with E-state index in [9.17, 15) is 9.59 Å². The molecule has 1 atom stereocenters. The Hall–Kier alpha value is -1.73. The average Bonchev–Trinajstić information content (AvgIpc) is 2.90. The normalized spacial score (nSPS) is 17.0. The Morgan fingerprint density at radius 1 is 1.42 bits per heavy atom. The molecular weight excluding hydrogens is 324 g/mol. The van der Waals surface area contributed by atoms with Crippen LogP contribution in [0.4, 0.5) is 0 Å². The van der Waals surface area contributed by atoms with Gasteiger partial charge in [-0.05, 0) is 37.8 Å². The number of aryl methyl sites for hydroxylation is 2. The number of carbonyl (C=O) groups is 1. The Balaban J connectivity index is 1.74. The van der Waals surface area contributed by atoms with Gasteiger partial charge in [-0.1, -0.05) is 6.92 Å². The maximum absolute atomic E-state index is 12.5. The Labute approximate surface area is 145 Å². The van der Waals surface area contributed by atoms with Crippen LogP contribution in [0.1, 0.15) is 36.0 Å². The van der Waals surface area contributed by atoms with Crippen molar-refractivity contribution >= 4 is 27.5 Å². The molecule has 0 aliphatic heterocycles. The summed E-state index contributed by atoms with van der Waals surface area (Å²) in [6.45, 7) is 3.60. The van der Waals surface area contributed by atoms with Crippen LogP contribution in [0.25, 0.3) is 10.2 Å². The first-order chi connectivity index (χ1) is 11.6. The molecule has 2 heterocycles. The molecule has 3 N–H and O–H groups in total. The van der Waals surface area contributed by atoms with Gasteiger partial charge in [0, 0.05) is 30.8 Å². The summed E-state index contributed by atoms with van der Waals surface area (Å²) >= 11 is 1.64. The number of hydrogen-bond donors (Lipinski definition) is 3. The number of nitrogens with zero attached hydrogens (tertiary/aromatic N) is 1. The van der Waals surface area contributed by atoms with Gasteiger partial charge in [0.1, 0.15) is 10.7 Å². The van der Waals surface area contributed by atoms with Gasteiger partial charge in [0.15, 0.2) is 0 Å². The Morgan fingerprint density at radius 3 is 3.04 bits per heavy atom. The van der Waals surface area contributed by atoms with Gasteiger partial charge in [-0.25, -0.2) is 4.98 Å². The van der Waals surface area contributed by atoms with Crippen LogP contribution in [0, 0.1) is 5.92 Å². The van der Waals surface area contributed by atoms with Gasteiger partial charge in [-0.2, -0.15) is 0 Å². The molecule has 1 aliphatic rings. The standard InChI is InChI=1S/C17H24N4O2S/c1-10-3-4-11-12(9-10)24-17-15(11)16(23)20-13(21-17)5-6-14(22)19-8-7-18-2/h10,18H,3-9H2,1-2H3,(H,19,22)(H,20,21,23). The molecule has 0 spiro atoms. The van der Waals surface area contributed by atoms with Gasteiger partial charge in [-0.15, -0.1) is 11.3 Å². The van der Waals surface area contributed by atoms with E-state index in [1.165, 1.54) is 10.4 Å². The first kappa shape index (κ1) is 17.1. The lowest BCUT2D eigenvalue weighted by molar-refractivity contribution is -0.121. The SMILES string of the molecule is CNCCNC(=O)CCc1nc2sc3c(c2c(=O)[nH]1)CCC(C)C3. The van der Waals surface area contributed by atoms with Crippen LogP contribution in [0.2, 0.25) is 0 Å². The summed E-state index contributed by atoms with van der Waals surface area (Å²) in [6, 6.07) is 0. The zero-order valence-electron chi connectivity index (χ0n) is 14.2. The number of carbonyl (C=O) groups excluding carboxylic acids is 1. The van der Waals surface area contributed by atoms with Crippen molar-refractivity contribution in [3.8, 4) is 0 Å². The maximum atomic E-state index is 12.5. The number of fused-ring (bicyclic) bond motifs is 3. The summed E-state index contributed by atoms with van der Waals surface area (Å²) in [7, 11) is 1.84. The topological polar surface area (TPSA) is 86.9 Å². The van der Waals surface area contributed by atoms with Crippen molar-refractivity contribution in [2.45, 2.75) is 39.0 Å². The third-order valence-electron chi connectivity index (χ3n) is 4.50. The van der Waals surface area contributed by atoms with E-state index < -0.39 is 0 Å². The van der Waals surface area contributed by atoms with Crippen LogP contribution in [0.3, 0.4) is 0 Å². The van der Waals surface area contributed by atoms with Gasteiger partial charge in [0.2, 0.25) is 5.91 Å². The number of nitrogens with one attached hydrogen (secondary N) is 3. The van der Waals surface area contributed by atoms with Crippen molar-refractivity contribution in [1.82, 2.24) is 20.6 Å². The molecular formula is C17H24N4O2S. The first-order valence-corrected chi connectivity index (χ1v) is 9.35. The predicted molar refractivity (Wildman–Crippen MR) is 96.7 cm³/mol. The fraction of sp³-hybridized carbons (Fsp3) is 0.588. The van der Waals surface area contributed by atoms with Gasteiger partial charge in [-0.3, -0.25) is 9.59 Å². The Bertz CT molecular complexity index is 796. The summed E-state index contributed by atoms with van der Waals surface area (Å²) in [5.74, 6) is 1.25. The number of H-pyrrole nitrogens is 1. The average molecular weight is 348 g/mol. The molecule has 2 aromatic rings. The van der Waals surface area contributed by atoms with Crippen LogP contribution in [-0.4, -0.2) is 36.0 Å². The Morgan fingerprint density at radius 2 is 2.25 bits per heavy atom. The van der Waals surface area contributed by atoms with E-state index in [0.717, 1.165) is 36.0 Å². The van der Waals surface area contributed by atoms with Crippen LogP contribution >= 0.6 is 11.3 Å². The fourth-order valence-corrected chi connectivity index (χ4v) is 4.56. The van der Waals surface area contributed by atoms with Crippen LogP contribution < -0.4 is 16.2 Å². The van der Waals surface area contributed by atoms with Gasteiger partial charge in [0.05, 0.1) is 5.39 Å². The van der Waals surface area contributed by atoms with Crippen molar-refractivity contribution in [3.63, 3.8) is 0 Å². The molecule has 0 saturated carbocycles. The summed E-state index contributed by atoms with van der Waals surface area (Å²) in [5.41, 5.74) is 1.14. The van der Waals surface area contributed by atoms with Crippen LogP contribution in [0.15, 0.2) is 4.79 Å². The summed E-state index contributed by atoms with van der Waals surface area (Å²) < 4.78 is 0. The first-order valence-electron chi connectivity index (χ1n) is 8.53. The zero-order valence-corrected chi connectivity index (χ0v) is 15.0. The van der Waals surface area contributed by atoms with Gasteiger partial charge >= 0.3 is 0 Å². The lowest BCUT2D eigenvalue weighted by atomic mass is 9.89. The Kier molecular flexibility index (Phi) is 5.30. The lowest BCUT2D eigenvalue weighted by Gasteiger charge is -2.17. The van der Waals surface area contributed by atoms with Gasteiger partial charge in [0.25, 0.3) is 5.56 Å². The number of likely N-dealkylation sites (N-methyl/N-ethyl adjacent to an activating group) is 1. The molecule has 1 amide bonds. The van der Waals surface area contributed by atoms with E-state index in [0.29, 0.717) is 31.1 Å². The quantitative estimate of drug-likeness (QED) is 0.688. The van der Waals surface area contributed by atoms with Crippen molar-refractivity contribution in [2.75, 3.05) is 20.1 Å². The van der Waals surface area contributed by atoms with E-state index in [2.05, 4.69) is 27.5 Å². The molecule has 6 nitrogen and oxygen atoms in total. The second-order valence-electron chi connectivity index (χ2n) is 6.50. The molecule has 1 aliphatic carbocycles. The number of thiophene rings is 1. The molecule has 2 aromatic heterocycles. The second kappa shape index (κ2) is 7.44. The van der Waals surface area contributed by atoms with Crippen LogP contribution in [-0.2, 0) is 24.1 Å². The third-order valence-corrected chi connectivity index (χ3v) is 5.65. The number of hydrogen-bond acceptors (Lipinski definition) is 5. The van der Waals surface area contributed by atoms with E-state index in [1.54, 1.807) is 11.3 Å². The number of amides is 1. The monoisotopic (exact) mass is 348 g/mol. The second-order valence-corrected chi connectivity index (χ2v) is 7.58. The lowest BCUT2D eigenvalue weighted by Crippen LogP contribution is -2.30. The highest BCUT2D eigenvalue weighted by atomic mass is 32.1. The molecule has 24 heavy (non-hydrogen) atoms. The summed E-state index contributed by atoms with van der Waals surface area (Å²) in [6.07, 6.45) is 3.93. The minimum Gasteiger partial charge on any atom is -0.355 e. The largest absolute Gasteiger partial charge is 0.355 e. The van der Waals surface area contributed by atoms with E-state index in [-0.39, 0.29) is 11.5 Å². The molecule has 1 unspecified atom stereocenters.